The van der Waals surface area contributed by atoms with Gasteiger partial charge in [-0.05, 0) is 62.9 Å². The number of aliphatic hydroxyl groups is 1. The molecule has 0 aromatic carbocycles. The normalized spacial score (nSPS) is 21.6. The number of aryl methyl sites for hydroxylation is 2. The number of Topliss-reactive ketones (excluding diaryl/α,β-unsaturated/α-hetero) is 1. The van der Waals surface area contributed by atoms with Gasteiger partial charge in [-0.25, -0.2) is 0 Å². The number of rotatable bonds is 4. The lowest BCUT2D eigenvalue weighted by Crippen LogP contribution is -2.05. The molecule has 220 valence electrons. The molecule has 0 amide bonds. The number of aromatic nitrogens is 4. The number of fused-ring (bicyclic) bond motifs is 8. The fraction of sp³-hybridized carbons (Fsp3) is 0.471. The minimum Gasteiger partial charge on any atom is -0.389 e. The lowest BCUT2D eigenvalue weighted by Gasteiger charge is -2.16. The van der Waals surface area contributed by atoms with Crippen LogP contribution in [0.1, 0.15) is 139 Å². The Morgan fingerprint density at radius 3 is 2.17 bits per heavy atom. The van der Waals surface area contributed by atoms with Gasteiger partial charge in [0.2, 0.25) is 0 Å². The van der Waals surface area contributed by atoms with Gasteiger partial charge >= 0.3 is 6.15 Å². The summed E-state index contributed by atoms with van der Waals surface area (Å²) in [7, 11) is 0. The van der Waals surface area contributed by atoms with E-state index in [2.05, 4.69) is 69.7 Å². The van der Waals surface area contributed by atoms with Crippen LogP contribution >= 0.6 is 0 Å². The van der Waals surface area contributed by atoms with Gasteiger partial charge in [0.15, 0.2) is 5.78 Å². The van der Waals surface area contributed by atoms with Gasteiger partial charge in [-0.2, -0.15) is 9.59 Å². The molecule has 5 heterocycles. The van der Waals surface area contributed by atoms with E-state index in [1.165, 1.54) is 0 Å². The molecule has 2 aliphatic heterocycles. The van der Waals surface area contributed by atoms with Crippen molar-refractivity contribution in [2.75, 3.05) is 0 Å². The van der Waals surface area contributed by atoms with Crippen LogP contribution in [0.4, 0.5) is 0 Å². The summed E-state index contributed by atoms with van der Waals surface area (Å²) >= 11 is 0. The molecule has 5 atom stereocenters. The van der Waals surface area contributed by atoms with Crippen molar-refractivity contribution < 1.29 is 19.5 Å². The summed E-state index contributed by atoms with van der Waals surface area (Å²) in [5.74, 6) is 1.20. The van der Waals surface area contributed by atoms with Crippen molar-refractivity contribution in [1.29, 1.82) is 0 Å². The van der Waals surface area contributed by atoms with E-state index in [0.29, 0.717) is 6.42 Å². The van der Waals surface area contributed by atoms with E-state index in [9.17, 15) is 9.90 Å². The van der Waals surface area contributed by atoms with Crippen molar-refractivity contribution in [3.8, 4) is 0 Å². The zero-order valence-electron chi connectivity index (χ0n) is 25.5. The highest BCUT2D eigenvalue weighted by molar-refractivity contribution is 6.13. The number of aliphatic hydroxyl groups excluding tert-OH is 1. The first kappa shape index (κ1) is 29.6. The predicted octanol–water partition coefficient (Wildman–Crippen LogP) is 7.12. The number of nitrogens with one attached hydrogen (secondary N) is 2. The summed E-state index contributed by atoms with van der Waals surface area (Å²) in [6.07, 6.45) is 3.10. The number of carbonyl (C=O) groups excluding carboxylic acids is 3. The van der Waals surface area contributed by atoms with E-state index < -0.39 is 6.10 Å². The molecule has 3 aromatic rings. The Morgan fingerprint density at radius 2 is 1.52 bits per heavy atom. The first-order valence-electron chi connectivity index (χ1n) is 15.0. The van der Waals surface area contributed by atoms with Gasteiger partial charge in [0.25, 0.3) is 0 Å². The minimum atomic E-state index is -0.609. The lowest BCUT2D eigenvalue weighted by atomic mass is 9.86. The summed E-state index contributed by atoms with van der Waals surface area (Å²) in [4.78, 5) is 47.3. The predicted molar refractivity (Wildman–Crippen MR) is 162 cm³/mol. The summed E-state index contributed by atoms with van der Waals surface area (Å²) in [5, 5.41) is 10.8. The van der Waals surface area contributed by atoms with Crippen molar-refractivity contribution in [2.24, 2.45) is 0 Å². The average molecular weight is 569 g/mol. The smallest absolute Gasteiger partial charge is 0.373 e. The Balaban J connectivity index is 0.00000113. The molecule has 0 spiro atoms. The molecule has 6 rings (SSSR count). The highest BCUT2D eigenvalue weighted by Crippen LogP contribution is 2.45. The monoisotopic (exact) mass is 568 g/mol. The molecule has 8 nitrogen and oxygen atoms in total. The van der Waals surface area contributed by atoms with Crippen molar-refractivity contribution >= 4 is 34.0 Å². The quantitative estimate of drug-likeness (QED) is 0.307. The Hall–Kier alpha value is -3.87. The van der Waals surface area contributed by atoms with Gasteiger partial charge in [-0.1, -0.05) is 34.1 Å². The van der Waals surface area contributed by atoms with Crippen LogP contribution in [-0.2, 0) is 16.0 Å². The van der Waals surface area contributed by atoms with Crippen molar-refractivity contribution in [3.05, 3.63) is 68.8 Å². The summed E-state index contributed by atoms with van der Waals surface area (Å²) in [6, 6.07) is 6.44. The maximum absolute atomic E-state index is 13.4. The van der Waals surface area contributed by atoms with Gasteiger partial charge < -0.3 is 15.1 Å². The third kappa shape index (κ3) is 4.73. The standard InChI is InChI=1S/C33H40N4O2.CO2/c1-8-10-21-16(4)24-12-25-17(5)30(19(7)38)28(35-25)14-23-15(3)20(9-2)27(34-23)13-26-18(6)31-29(39)11-22(32(21)36-24)33(31)37-26;2-1-3/h12-16,19-21,35,37-38H,8-11H2,1-7H3;/t15-,16+,19?,20-,21+;/m1./s1. The van der Waals surface area contributed by atoms with Crippen molar-refractivity contribution in [3.63, 3.8) is 0 Å². The third-order valence-corrected chi connectivity index (χ3v) is 9.60. The van der Waals surface area contributed by atoms with Crippen LogP contribution in [-0.4, -0.2) is 37.0 Å². The summed E-state index contributed by atoms with van der Waals surface area (Å²) in [6.45, 7) is 14.9. The SMILES string of the molecule is CCC[C@@H]1c2nc(cc3[nH]c(cc4nc(cc5[nH]c6c2CC(=O)c6c5C)[C@H](CC)[C@H]4C)c(C(C)O)c3C)[C@H]1C.O=C=O. The molecule has 0 radical (unpaired) electrons. The van der Waals surface area contributed by atoms with E-state index in [-0.39, 0.29) is 35.6 Å². The average Bonchev–Trinajstić information content (AvgIpc) is 3.68. The van der Waals surface area contributed by atoms with Gasteiger partial charge in [-0.15, -0.1) is 0 Å². The second kappa shape index (κ2) is 11.4. The number of carbonyl (C=O) groups is 1. The number of nitrogens with zero attached hydrogens (tertiary/aromatic N) is 2. The van der Waals surface area contributed by atoms with Crippen LogP contribution < -0.4 is 0 Å². The third-order valence-electron chi connectivity index (χ3n) is 9.60. The maximum atomic E-state index is 13.4. The molecule has 0 saturated heterocycles. The fourth-order valence-corrected chi connectivity index (χ4v) is 7.36. The maximum Gasteiger partial charge on any atom is 0.373 e. The summed E-state index contributed by atoms with van der Waals surface area (Å²) in [5.41, 5.74) is 12.8. The van der Waals surface area contributed by atoms with E-state index >= 15 is 0 Å². The minimum absolute atomic E-state index is 0.179. The number of hydrogen-bond acceptors (Lipinski definition) is 6. The van der Waals surface area contributed by atoms with E-state index in [1.807, 2.05) is 6.92 Å². The largest absolute Gasteiger partial charge is 0.389 e. The zero-order valence-corrected chi connectivity index (χ0v) is 25.5. The second-order valence-electron chi connectivity index (χ2n) is 12.0. The van der Waals surface area contributed by atoms with Crippen LogP contribution in [0.25, 0.3) is 22.1 Å². The topological polar surface area (TPSA) is 129 Å². The van der Waals surface area contributed by atoms with E-state index in [0.717, 1.165) is 91.9 Å². The molecule has 3 N–H and O–H groups in total. The molecule has 0 fully saturated rings. The molecule has 8 bridgehead atoms. The van der Waals surface area contributed by atoms with E-state index in [4.69, 9.17) is 19.6 Å². The molecule has 3 aliphatic rings. The Labute approximate surface area is 246 Å². The number of aromatic amines is 2. The molecular weight excluding hydrogens is 528 g/mol. The second-order valence-corrected chi connectivity index (χ2v) is 12.0. The Morgan fingerprint density at radius 1 is 0.929 bits per heavy atom. The molecule has 3 aromatic heterocycles. The van der Waals surface area contributed by atoms with Crippen LogP contribution in [0.3, 0.4) is 0 Å². The van der Waals surface area contributed by atoms with Crippen LogP contribution in [0.2, 0.25) is 0 Å². The molecule has 1 unspecified atom stereocenters. The van der Waals surface area contributed by atoms with Crippen molar-refractivity contribution in [2.45, 2.75) is 104 Å². The lowest BCUT2D eigenvalue weighted by molar-refractivity contribution is -0.191. The van der Waals surface area contributed by atoms with Crippen LogP contribution in [0.15, 0.2) is 18.2 Å². The van der Waals surface area contributed by atoms with Gasteiger partial charge in [-0.3, -0.25) is 14.8 Å². The molecule has 0 saturated carbocycles. The van der Waals surface area contributed by atoms with Crippen LogP contribution in [0, 0.1) is 13.8 Å². The highest BCUT2D eigenvalue weighted by atomic mass is 16.3. The van der Waals surface area contributed by atoms with Crippen LogP contribution in [0.5, 0.6) is 0 Å². The zero-order chi connectivity index (χ0) is 30.5. The van der Waals surface area contributed by atoms with Crippen molar-refractivity contribution in [1.82, 2.24) is 19.9 Å². The van der Waals surface area contributed by atoms with Gasteiger partial charge in [0.1, 0.15) is 0 Å². The highest BCUT2D eigenvalue weighted by Gasteiger charge is 2.35. The first-order chi connectivity index (χ1) is 20.1. The van der Waals surface area contributed by atoms with E-state index in [1.54, 1.807) is 0 Å². The van der Waals surface area contributed by atoms with Gasteiger partial charge in [0, 0.05) is 80.4 Å². The Kier molecular flexibility index (Phi) is 8.06. The molecular formula is C34H40N4O4. The number of ketones is 1. The number of H-pyrrole nitrogens is 2. The van der Waals surface area contributed by atoms with Gasteiger partial charge in [0.05, 0.1) is 17.3 Å². The Bertz CT molecular complexity index is 1760. The molecule has 42 heavy (non-hydrogen) atoms. The molecule has 8 heteroatoms. The molecule has 1 aliphatic carbocycles. The summed E-state index contributed by atoms with van der Waals surface area (Å²) < 4.78 is 0. The first-order valence-corrected chi connectivity index (χ1v) is 15.0. The number of hydrogen-bond donors (Lipinski definition) is 3. The fourth-order valence-electron chi connectivity index (χ4n) is 7.36.